The summed E-state index contributed by atoms with van der Waals surface area (Å²) in [6.45, 7) is 2.48. The Hall–Kier alpha value is -2.24. The highest BCUT2D eigenvalue weighted by molar-refractivity contribution is 5.90. The molecule has 0 bridgehead atoms. The fraction of sp³-hybridized carbons (Fsp3) is 0.529. The molecule has 0 aliphatic carbocycles. The molecular formula is C17H22O6. The minimum absolute atomic E-state index is 0.186. The van der Waals surface area contributed by atoms with Crippen LogP contribution in [0.4, 0.5) is 0 Å². The Morgan fingerprint density at radius 2 is 1.61 bits per heavy atom. The average molecular weight is 322 g/mol. The fourth-order valence-electron chi connectivity index (χ4n) is 2.22. The molecule has 0 N–H and O–H groups in total. The summed E-state index contributed by atoms with van der Waals surface area (Å²) in [7, 11) is 0. The van der Waals surface area contributed by atoms with Gasteiger partial charge in [-0.3, -0.25) is 4.79 Å². The van der Waals surface area contributed by atoms with Gasteiger partial charge in [0, 0.05) is 6.92 Å². The highest BCUT2D eigenvalue weighted by Crippen LogP contribution is 2.32. The van der Waals surface area contributed by atoms with Crippen LogP contribution in [0.5, 0.6) is 11.5 Å². The number of carbonyl (C=O) groups is 2. The zero-order valence-electron chi connectivity index (χ0n) is 13.3. The second-order valence-electron chi connectivity index (χ2n) is 5.31. The first-order chi connectivity index (χ1) is 11.2. The van der Waals surface area contributed by atoms with Crippen molar-refractivity contribution < 1.29 is 28.5 Å². The Morgan fingerprint density at radius 3 is 2.35 bits per heavy atom. The van der Waals surface area contributed by atoms with Gasteiger partial charge in [0.25, 0.3) is 0 Å². The smallest absolute Gasteiger partial charge is 0.338 e. The van der Waals surface area contributed by atoms with Gasteiger partial charge in [0.1, 0.15) is 0 Å². The number of benzene rings is 1. The normalized spacial score (nSPS) is 12.0. The molecule has 6 nitrogen and oxygen atoms in total. The molecule has 0 saturated carbocycles. The highest BCUT2D eigenvalue weighted by Gasteiger charge is 2.16. The van der Waals surface area contributed by atoms with Gasteiger partial charge in [-0.05, 0) is 31.0 Å². The predicted molar refractivity (Wildman–Crippen MR) is 82.6 cm³/mol. The van der Waals surface area contributed by atoms with E-state index in [4.69, 9.17) is 18.9 Å². The predicted octanol–water partition coefficient (Wildman–Crippen LogP) is 3.09. The van der Waals surface area contributed by atoms with Gasteiger partial charge in [0.2, 0.25) is 6.79 Å². The van der Waals surface area contributed by atoms with Crippen molar-refractivity contribution in [2.45, 2.75) is 39.0 Å². The lowest BCUT2D eigenvalue weighted by atomic mass is 10.1. The van der Waals surface area contributed by atoms with Gasteiger partial charge in [-0.2, -0.15) is 0 Å². The third-order valence-corrected chi connectivity index (χ3v) is 3.44. The first-order valence-corrected chi connectivity index (χ1v) is 7.87. The third-order valence-electron chi connectivity index (χ3n) is 3.44. The number of ether oxygens (including phenoxy) is 4. The molecule has 23 heavy (non-hydrogen) atoms. The van der Waals surface area contributed by atoms with Crippen LogP contribution >= 0.6 is 0 Å². The Morgan fingerprint density at radius 1 is 0.957 bits per heavy atom. The van der Waals surface area contributed by atoms with Crippen LogP contribution in [0.3, 0.4) is 0 Å². The zero-order chi connectivity index (χ0) is 16.5. The number of esters is 2. The standard InChI is InChI=1S/C17H22O6/c1-13(18)20-9-5-3-2-4-6-10-21-17(19)14-7-8-15-16(11-14)23-12-22-15/h7-8,11H,2-6,9-10,12H2,1H3. The van der Waals surface area contributed by atoms with Gasteiger partial charge < -0.3 is 18.9 Å². The summed E-state index contributed by atoms with van der Waals surface area (Å²) in [6, 6.07) is 5.02. The van der Waals surface area contributed by atoms with Crippen molar-refractivity contribution in [3.63, 3.8) is 0 Å². The molecule has 1 aromatic carbocycles. The van der Waals surface area contributed by atoms with Crippen molar-refractivity contribution in [1.82, 2.24) is 0 Å². The molecule has 0 radical (unpaired) electrons. The van der Waals surface area contributed by atoms with Crippen LogP contribution in [-0.4, -0.2) is 31.9 Å². The van der Waals surface area contributed by atoms with Gasteiger partial charge in [-0.15, -0.1) is 0 Å². The van der Waals surface area contributed by atoms with E-state index in [9.17, 15) is 9.59 Å². The zero-order valence-corrected chi connectivity index (χ0v) is 13.3. The Kier molecular flexibility index (Phi) is 6.72. The van der Waals surface area contributed by atoms with Crippen LogP contribution in [0.1, 0.15) is 49.4 Å². The molecule has 1 aliphatic heterocycles. The van der Waals surface area contributed by atoms with E-state index in [1.54, 1.807) is 18.2 Å². The van der Waals surface area contributed by atoms with E-state index >= 15 is 0 Å². The van der Waals surface area contributed by atoms with Crippen molar-refractivity contribution in [1.29, 1.82) is 0 Å². The summed E-state index contributed by atoms with van der Waals surface area (Å²) < 4.78 is 20.5. The average Bonchev–Trinajstić information content (AvgIpc) is 3.00. The van der Waals surface area contributed by atoms with Crippen LogP contribution in [-0.2, 0) is 14.3 Å². The van der Waals surface area contributed by atoms with E-state index < -0.39 is 0 Å². The van der Waals surface area contributed by atoms with Gasteiger partial charge >= 0.3 is 11.9 Å². The lowest BCUT2D eigenvalue weighted by molar-refractivity contribution is -0.141. The van der Waals surface area contributed by atoms with E-state index in [-0.39, 0.29) is 18.7 Å². The topological polar surface area (TPSA) is 71.1 Å². The van der Waals surface area contributed by atoms with Gasteiger partial charge in [-0.25, -0.2) is 4.79 Å². The maximum Gasteiger partial charge on any atom is 0.338 e. The third kappa shape index (κ3) is 5.81. The van der Waals surface area contributed by atoms with Gasteiger partial charge in [-0.1, -0.05) is 19.3 Å². The lowest BCUT2D eigenvalue weighted by Crippen LogP contribution is -2.06. The molecule has 0 spiro atoms. The second-order valence-corrected chi connectivity index (χ2v) is 5.31. The SMILES string of the molecule is CC(=O)OCCCCCCCOC(=O)c1ccc2c(c1)OCO2. The van der Waals surface area contributed by atoms with Crippen molar-refractivity contribution >= 4 is 11.9 Å². The summed E-state index contributed by atoms with van der Waals surface area (Å²) >= 11 is 0. The minimum Gasteiger partial charge on any atom is -0.466 e. The number of hydrogen-bond donors (Lipinski definition) is 0. The summed E-state index contributed by atoms with van der Waals surface area (Å²) in [6.07, 6.45) is 4.71. The number of unbranched alkanes of at least 4 members (excludes halogenated alkanes) is 4. The first-order valence-electron chi connectivity index (χ1n) is 7.87. The van der Waals surface area contributed by atoms with Crippen molar-refractivity contribution in [2.75, 3.05) is 20.0 Å². The molecule has 1 heterocycles. The van der Waals surface area contributed by atoms with Crippen LogP contribution in [0.15, 0.2) is 18.2 Å². The maximum atomic E-state index is 11.9. The van der Waals surface area contributed by atoms with Crippen LogP contribution in [0.2, 0.25) is 0 Å². The van der Waals surface area contributed by atoms with E-state index in [0.29, 0.717) is 30.3 Å². The number of carbonyl (C=O) groups excluding carboxylic acids is 2. The number of hydrogen-bond acceptors (Lipinski definition) is 6. The van der Waals surface area contributed by atoms with Gasteiger partial charge in [0.05, 0.1) is 18.8 Å². The summed E-state index contributed by atoms with van der Waals surface area (Å²) in [5.41, 5.74) is 0.468. The Bertz CT molecular complexity index is 540. The van der Waals surface area contributed by atoms with Crippen LogP contribution in [0.25, 0.3) is 0 Å². The second kappa shape index (κ2) is 9.02. The molecule has 0 atom stereocenters. The summed E-state index contributed by atoms with van der Waals surface area (Å²) in [4.78, 5) is 22.5. The Balaban J connectivity index is 1.54. The van der Waals surface area contributed by atoms with Crippen molar-refractivity contribution in [3.05, 3.63) is 23.8 Å². The first kappa shape index (κ1) is 17.1. The largest absolute Gasteiger partial charge is 0.466 e. The molecule has 0 unspecified atom stereocenters. The molecule has 1 aliphatic rings. The van der Waals surface area contributed by atoms with Crippen molar-refractivity contribution in [2.24, 2.45) is 0 Å². The molecular weight excluding hydrogens is 300 g/mol. The highest BCUT2D eigenvalue weighted by atomic mass is 16.7. The van der Waals surface area contributed by atoms with E-state index in [0.717, 1.165) is 32.1 Å². The molecule has 126 valence electrons. The minimum atomic E-state index is -0.349. The van der Waals surface area contributed by atoms with Crippen LogP contribution < -0.4 is 9.47 Å². The maximum absolute atomic E-state index is 11.9. The fourth-order valence-corrected chi connectivity index (χ4v) is 2.22. The Labute approximate surface area is 135 Å². The quantitative estimate of drug-likeness (QED) is 0.514. The molecule has 0 saturated heterocycles. The van der Waals surface area contributed by atoms with E-state index in [1.165, 1.54) is 6.92 Å². The molecule has 0 aromatic heterocycles. The van der Waals surface area contributed by atoms with E-state index in [1.807, 2.05) is 0 Å². The summed E-state index contributed by atoms with van der Waals surface area (Å²) in [5.74, 6) is 0.640. The van der Waals surface area contributed by atoms with E-state index in [2.05, 4.69) is 0 Å². The van der Waals surface area contributed by atoms with Gasteiger partial charge in [0.15, 0.2) is 11.5 Å². The lowest BCUT2D eigenvalue weighted by Gasteiger charge is -2.06. The van der Waals surface area contributed by atoms with Crippen LogP contribution in [0, 0.1) is 0 Å². The van der Waals surface area contributed by atoms with Crippen molar-refractivity contribution in [3.8, 4) is 11.5 Å². The molecule has 2 rings (SSSR count). The molecule has 0 amide bonds. The number of rotatable bonds is 9. The molecule has 0 fully saturated rings. The molecule has 1 aromatic rings. The monoisotopic (exact) mass is 322 g/mol. The number of fused-ring (bicyclic) bond motifs is 1. The molecule has 6 heteroatoms. The summed E-state index contributed by atoms with van der Waals surface area (Å²) in [5, 5.41) is 0.